The Balaban J connectivity index is 1.76. The maximum absolute atomic E-state index is 11.9. The van der Waals surface area contributed by atoms with Gasteiger partial charge < -0.3 is 14.8 Å². The minimum absolute atomic E-state index is 0.140. The van der Waals surface area contributed by atoms with Crippen LogP contribution in [0.5, 0.6) is 5.75 Å². The molecule has 2 atom stereocenters. The van der Waals surface area contributed by atoms with Crippen LogP contribution in [0.2, 0.25) is 0 Å². The Kier molecular flexibility index (Phi) is 6.54. The Morgan fingerprint density at radius 1 is 1.24 bits per heavy atom. The molecule has 0 radical (unpaired) electrons. The molecule has 2 rings (SSSR count). The number of benzene rings is 1. The van der Waals surface area contributed by atoms with E-state index in [1.807, 2.05) is 30.5 Å². The maximum Gasteiger partial charge on any atom is 0.347 e. The third kappa shape index (κ3) is 5.62. The van der Waals surface area contributed by atoms with Crippen LogP contribution in [0.3, 0.4) is 0 Å². The summed E-state index contributed by atoms with van der Waals surface area (Å²) < 4.78 is 10.4. The molecule has 0 unspecified atom stereocenters. The number of esters is 1. The second-order valence-electron chi connectivity index (χ2n) is 5.31. The van der Waals surface area contributed by atoms with Gasteiger partial charge in [-0.1, -0.05) is 6.07 Å². The number of carbonyl (C=O) groups excluding carboxylic acids is 2. The van der Waals surface area contributed by atoms with E-state index >= 15 is 0 Å². The lowest BCUT2D eigenvalue weighted by Gasteiger charge is -2.15. The number of nitrogens with one attached hydrogen (secondary N) is 1. The summed E-state index contributed by atoms with van der Waals surface area (Å²) in [6.45, 7) is 3.03. The van der Waals surface area contributed by atoms with Crippen LogP contribution in [0.25, 0.3) is 0 Å². The highest BCUT2D eigenvalue weighted by atomic mass is 32.1. The highest BCUT2D eigenvalue weighted by Crippen LogP contribution is 2.18. The van der Waals surface area contributed by atoms with E-state index in [1.54, 1.807) is 35.6 Å². The van der Waals surface area contributed by atoms with Crippen molar-refractivity contribution in [3.05, 3.63) is 52.2 Å². The van der Waals surface area contributed by atoms with Gasteiger partial charge in [-0.3, -0.25) is 4.79 Å². The molecule has 0 fully saturated rings. The normalized spacial score (nSPS) is 12.5. The number of ether oxygens (including phenoxy) is 2. The number of rotatable bonds is 7. The molecular formula is C18H18N2O4S. The molecule has 1 aromatic heterocycles. The quantitative estimate of drug-likeness (QED) is 0.769. The van der Waals surface area contributed by atoms with Crippen molar-refractivity contribution in [3.8, 4) is 11.8 Å². The zero-order valence-corrected chi connectivity index (χ0v) is 14.7. The van der Waals surface area contributed by atoms with Crippen molar-refractivity contribution in [3.63, 3.8) is 0 Å². The summed E-state index contributed by atoms with van der Waals surface area (Å²) in [6.07, 6.45) is -0.865. The van der Waals surface area contributed by atoms with Gasteiger partial charge in [0.15, 0.2) is 12.7 Å². The summed E-state index contributed by atoms with van der Waals surface area (Å²) in [5, 5.41) is 13.4. The number of nitriles is 1. The molecule has 0 bridgehead atoms. The summed E-state index contributed by atoms with van der Waals surface area (Å²) in [5.41, 5.74) is 0.499. The first-order valence-electron chi connectivity index (χ1n) is 7.66. The van der Waals surface area contributed by atoms with Crippen molar-refractivity contribution in [1.29, 1.82) is 5.26 Å². The van der Waals surface area contributed by atoms with E-state index in [1.165, 1.54) is 6.92 Å². The van der Waals surface area contributed by atoms with Gasteiger partial charge in [-0.2, -0.15) is 5.26 Å². The fourth-order valence-electron chi connectivity index (χ4n) is 2.01. The first-order valence-corrected chi connectivity index (χ1v) is 8.53. The third-order valence-corrected chi connectivity index (χ3v) is 4.38. The Bertz CT molecular complexity index is 750. The molecule has 1 heterocycles. The molecular weight excluding hydrogens is 340 g/mol. The molecule has 2 aromatic rings. The van der Waals surface area contributed by atoms with E-state index in [4.69, 9.17) is 14.7 Å². The smallest absolute Gasteiger partial charge is 0.347 e. The van der Waals surface area contributed by atoms with Gasteiger partial charge in [0.05, 0.1) is 17.7 Å². The molecule has 25 heavy (non-hydrogen) atoms. The van der Waals surface area contributed by atoms with E-state index in [0.717, 1.165) is 4.88 Å². The lowest BCUT2D eigenvalue weighted by Crippen LogP contribution is -2.33. The lowest BCUT2D eigenvalue weighted by atomic mass is 10.2. The molecule has 0 aliphatic carbocycles. The van der Waals surface area contributed by atoms with Crippen LogP contribution in [-0.2, 0) is 14.3 Å². The standard InChI is InChI=1S/C18H18N2O4S/c1-12(16-4-3-9-25-16)20-17(21)11-23-18(22)13(2)24-15-7-5-14(10-19)6-8-15/h3-9,12-13H,11H2,1-2H3,(H,20,21)/t12-,13+/m0/s1. The highest BCUT2D eigenvalue weighted by molar-refractivity contribution is 7.10. The molecule has 1 aromatic carbocycles. The van der Waals surface area contributed by atoms with Crippen LogP contribution >= 0.6 is 11.3 Å². The summed E-state index contributed by atoms with van der Waals surface area (Å²) in [7, 11) is 0. The van der Waals surface area contributed by atoms with Crippen LogP contribution in [-0.4, -0.2) is 24.6 Å². The Morgan fingerprint density at radius 3 is 2.56 bits per heavy atom. The Labute approximate surface area is 150 Å². The van der Waals surface area contributed by atoms with Crippen LogP contribution < -0.4 is 10.1 Å². The van der Waals surface area contributed by atoms with Gasteiger partial charge in [-0.25, -0.2) is 4.79 Å². The van der Waals surface area contributed by atoms with Crippen LogP contribution in [0.4, 0.5) is 0 Å². The molecule has 0 saturated carbocycles. The molecule has 6 nitrogen and oxygen atoms in total. The Morgan fingerprint density at radius 2 is 1.96 bits per heavy atom. The average Bonchev–Trinajstić information content (AvgIpc) is 3.15. The van der Waals surface area contributed by atoms with Crippen molar-refractivity contribution in [2.45, 2.75) is 26.0 Å². The molecule has 1 N–H and O–H groups in total. The van der Waals surface area contributed by atoms with E-state index in [2.05, 4.69) is 5.32 Å². The van der Waals surface area contributed by atoms with E-state index in [0.29, 0.717) is 11.3 Å². The van der Waals surface area contributed by atoms with Crippen molar-refractivity contribution >= 4 is 23.2 Å². The van der Waals surface area contributed by atoms with Crippen LogP contribution in [0.15, 0.2) is 41.8 Å². The molecule has 0 spiro atoms. The molecule has 130 valence electrons. The highest BCUT2D eigenvalue weighted by Gasteiger charge is 2.18. The fraction of sp³-hybridized carbons (Fsp3) is 0.278. The number of nitrogens with zero attached hydrogens (tertiary/aromatic N) is 1. The molecule has 7 heteroatoms. The van der Waals surface area contributed by atoms with Crippen LogP contribution in [0.1, 0.15) is 30.3 Å². The third-order valence-electron chi connectivity index (χ3n) is 3.32. The van der Waals surface area contributed by atoms with Crippen LogP contribution in [0, 0.1) is 11.3 Å². The monoisotopic (exact) mass is 358 g/mol. The minimum atomic E-state index is -0.865. The van der Waals surface area contributed by atoms with E-state index in [-0.39, 0.29) is 18.6 Å². The maximum atomic E-state index is 11.9. The largest absolute Gasteiger partial charge is 0.479 e. The summed E-state index contributed by atoms with van der Waals surface area (Å²) >= 11 is 1.54. The van der Waals surface area contributed by atoms with Crippen molar-refractivity contribution < 1.29 is 19.1 Å². The summed E-state index contributed by atoms with van der Waals surface area (Å²) in [5.74, 6) is -0.567. The van der Waals surface area contributed by atoms with Gasteiger partial charge >= 0.3 is 5.97 Å². The molecule has 0 aliphatic rings. The van der Waals surface area contributed by atoms with Gasteiger partial charge in [0.1, 0.15) is 5.75 Å². The van der Waals surface area contributed by atoms with Crippen molar-refractivity contribution in [1.82, 2.24) is 5.32 Å². The van der Waals surface area contributed by atoms with Crippen molar-refractivity contribution in [2.24, 2.45) is 0 Å². The predicted molar refractivity (Wildman–Crippen MR) is 93.1 cm³/mol. The molecule has 0 aliphatic heterocycles. The first kappa shape index (κ1) is 18.5. The van der Waals surface area contributed by atoms with Gasteiger partial charge in [0, 0.05) is 4.88 Å². The van der Waals surface area contributed by atoms with Gasteiger partial charge in [0.25, 0.3) is 5.91 Å². The van der Waals surface area contributed by atoms with Gasteiger partial charge in [-0.15, -0.1) is 11.3 Å². The fourth-order valence-corrected chi connectivity index (χ4v) is 2.74. The lowest BCUT2D eigenvalue weighted by molar-refractivity contribution is -0.154. The zero-order chi connectivity index (χ0) is 18.2. The van der Waals surface area contributed by atoms with Crippen molar-refractivity contribution in [2.75, 3.05) is 6.61 Å². The summed E-state index contributed by atoms with van der Waals surface area (Å²) in [6, 6.07) is 12.1. The zero-order valence-electron chi connectivity index (χ0n) is 13.9. The molecule has 0 saturated heterocycles. The second kappa shape index (κ2) is 8.85. The SMILES string of the molecule is C[C@H](NC(=O)COC(=O)[C@@H](C)Oc1ccc(C#N)cc1)c1cccs1. The number of hydrogen-bond donors (Lipinski definition) is 1. The van der Waals surface area contributed by atoms with Gasteiger partial charge in [0.2, 0.25) is 0 Å². The topological polar surface area (TPSA) is 88.4 Å². The average molecular weight is 358 g/mol. The summed E-state index contributed by atoms with van der Waals surface area (Å²) in [4.78, 5) is 24.8. The number of carbonyl (C=O) groups is 2. The molecule has 1 amide bonds. The number of thiophene rings is 1. The second-order valence-corrected chi connectivity index (χ2v) is 6.29. The van der Waals surface area contributed by atoms with Gasteiger partial charge in [-0.05, 0) is 49.6 Å². The van der Waals surface area contributed by atoms with E-state index < -0.39 is 12.1 Å². The predicted octanol–water partition coefficient (Wildman–Crippen LogP) is 2.81. The number of amides is 1. The van der Waals surface area contributed by atoms with E-state index in [9.17, 15) is 9.59 Å². The first-order chi connectivity index (χ1) is 12.0. The Hall–Kier alpha value is -2.85. The number of hydrogen-bond acceptors (Lipinski definition) is 6. The minimum Gasteiger partial charge on any atom is -0.479 e.